The molecule has 2 aliphatic carbocycles. The summed E-state index contributed by atoms with van der Waals surface area (Å²) in [7, 11) is 0. The first-order valence-corrected chi connectivity index (χ1v) is 6.50. The van der Waals surface area contributed by atoms with E-state index < -0.39 is 0 Å². The first-order valence-electron chi connectivity index (χ1n) is 6.50. The molecule has 0 radical (unpaired) electrons. The largest absolute Gasteiger partial charge is 0.393 e. The van der Waals surface area contributed by atoms with Crippen LogP contribution in [0.15, 0.2) is 10.2 Å². The normalized spacial score (nSPS) is 41.4. The zero-order valence-electron chi connectivity index (χ0n) is 9.76. The van der Waals surface area contributed by atoms with Crippen molar-refractivity contribution in [1.29, 1.82) is 0 Å². The van der Waals surface area contributed by atoms with Crippen molar-refractivity contribution in [1.82, 2.24) is 0 Å². The van der Waals surface area contributed by atoms with Crippen LogP contribution in [0.4, 0.5) is 0 Å². The second kappa shape index (κ2) is 5.73. The lowest BCUT2D eigenvalue weighted by Crippen LogP contribution is -2.22. The number of rotatable bonds is 2. The fraction of sp³-hybridized carbons (Fsp3) is 1.00. The standard InChI is InChI=1S/C12H22N2O2/c15-11-5-1-9(2-6-11)13-14-10-3-7-12(16)8-4-10/h9-12,15-16H,1-8H2. The molecule has 2 saturated carbocycles. The summed E-state index contributed by atoms with van der Waals surface area (Å²) < 4.78 is 0. The van der Waals surface area contributed by atoms with Gasteiger partial charge in [-0.3, -0.25) is 0 Å². The highest BCUT2D eigenvalue weighted by Crippen LogP contribution is 2.24. The van der Waals surface area contributed by atoms with Crippen molar-refractivity contribution in [3.63, 3.8) is 0 Å². The van der Waals surface area contributed by atoms with Gasteiger partial charge in [0.05, 0.1) is 24.3 Å². The summed E-state index contributed by atoms with van der Waals surface area (Å²) >= 11 is 0. The molecule has 0 spiro atoms. The quantitative estimate of drug-likeness (QED) is 0.708. The van der Waals surface area contributed by atoms with Crippen LogP contribution in [0.25, 0.3) is 0 Å². The SMILES string of the molecule is OC1CCC(N=NC2CCC(O)CC2)CC1. The van der Waals surface area contributed by atoms with Gasteiger partial charge < -0.3 is 10.2 Å². The van der Waals surface area contributed by atoms with Gasteiger partial charge in [-0.05, 0) is 51.4 Å². The van der Waals surface area contributed by atoms with E-state index in [2.05, 4.69) is 10.2 Å². The Morgan fingerprint density at radius 3 is 1.19 bits per heavy atom. The molecule has 0 unspecified atom stereocenters. The van der Waals surface area contributed by atoms with E-state index in [0.717, 1.165) is 51.4 Å². The molecule has 0 saturated heterocycles. The van der Waals surface area contributed by atoms with E-state index in [1.54, 1.807) is 0 Å². The van der Waals surface area contributed by atoms with Crippen LogP contribution in [-0.4, -0.2) is 34.5 Å². The Hall–Kier alpha value is -0.480. The zero-order chi connectivity index (χ0) is 11.4. The fourth-order valence-corrected chi connectivity index (χ4v) is 2.54. The van der Waals surface area contributed by atoms with E-state index in [-0.39, 0.29) is 12.2 Å². The summed E-state index contributed by atoms with van der Waals surface area (Å²) in [5.74, 6) is 0. The van der Waals surface area contributed by atoms with Crippen molar-refractivity contribution < 1.29 is 10.2 Å². The molecule has 2 rings (SSSR count). The minimum Gasteiger partial charge on any atom is -0.393 e. The van der Waals surface area contributed by atoms with Crippen LogP contribution < -0.4 is 0 Å². The van der Waals surface area contributed by atoms with Crippen LogP contribution in [0.2, 0.25) is 0 Å². The minimum atomic E-state index is -0.115. The molecule has 4 heteroatoms. The third-order valence-electron chi connectivity index (χ3n) is 3.73. The summed E-state index contributed by atoms with van der Waals surface area (Å²) in [6.07, 6.45) is 7.13. The third-order valence-corrected chi connectivity index (χ3v) is 3.73. The third kappa shape index (κ3) is 3.52. The lowest BCUT2D eigenvalue weighted by atomic mass is 9.93. The monoisotopic (exact) mass is 226 g/mol. The van der Waals surface area contributed by atoms with Gasteiger partial charge in [0.15, 0.2) is 0 Å². The van der Waals surface area contributed by atoms with Gasteiger partial charge in [0.1, 0.15) is 0 Å². The second-order valence-electron chi connectivity index (χ2n) is 5.16. The van der Waals surface area contributed by atoms with Crippen molar-refractivity contribution in [3.05, 3.63) is 0 Å². The van der Waals surface area contributed by atoms with Crippen LogP contribution in [0.5, 0.6) is 0 Å². The molecule has 92 valence electrons. The van der Waals surface area contributed by atoms with Gasteiger partial charge in [-0.1, -0.05) is 0 Å². The molecule has 16 heavy (non-hydrogen) atoms. The Labute approximate surface area is 96.8 Å². The number of nitrogens with zero attached hydrogens (tertiary/aromatic N) is 2. The Kier molecular flexibility index (Phi) is 4.29. The number of aliphatic hydroxyl groups excluding tert-OH is 2. The van der Waals surface area contributed by atoms with Crippen LogP contribution in [0, 0.1) is 0 Å². The van der Waals surface area contributed by atoms with Crippen molar-refractivity contribution in [2.24, 2.45) is 10.2 Å². The molecule has 0 amide bonds. The van der Waals surface area contributed by atoms with Gasteiger partial charge in [0.25, 0.3) is 0 Å². The predicted octanol–water partition coefficient (Wildman–Crippen LogP) is 2.05. The van der Waals surface area contributed by atoms with E-state index in [0.29, 0.717) is 12.1 Å². The van der Waals surface area contributed by atoms with Crippen molar-refractivity contribution >= 4 is 0 Å². The van der Waals surface area contributed by atoms with Crippen LogP contribution >= 0.6 is 0 Å². The first-order chi connectivity index (χ1) is 7.74. The van der Waals surface area contributed by atoms with Gasteiger partial charge in [-0.15, -0.1) is 0 Å². The maximum Gasteiger partial charge on any atom is 0.0710 e. The van der Waals surface area contributed by atoms with Crippen molar-refractivity contribution in [3.8, 4) is 0 Å². The first kappa shape index (κ1) is 12.0. The molecule has 4 nitrogen and oxygen atoms in total. The molecule has 0 aromatic heterocycles. The van der Waals surface area contributed by atoms with Gasteiger partial charge in [-0.25, -0.2) is 0 Å². The highest BCUT2D eigenvalue weighted by molar-refractivity contribution is 4.78. The summed E-state index contributed by atoms with van der Waals surface area (Å²) in [5, 5.41) is 27.5. The summed E-state index contributed by atoms with van der Waals surface area (Å²) in [5.41, 5.74) is 0. The van der Waals surface area contributed by atoms with Gasteiger partial charge in [0, 0.05) is 0 Å². The summed E-state index contributed by atoms with van der Waals surface area (Å²) in [6, 6.07) is 0.658. The molecular weight excluding hydrogens is 204 g/mol. The van der Waals surface area contributed by atoms with E-state index >= 15 is 0 Å². The minimum absolute atomic E-state index is 0.115. The fourth-order valence-electron chi connectivity index (χ4n) is 2.54. The van der Waals surface area contributed by atoms with Gasteiger partial charge in [-0.2, -0.15) is 10.2 Å². The maximum atomic E-state index is 9.37. The van der Waals surface area contributed by atoms with E-state index in [1.165, 1.54) is 0 Å². The van der Waals surface area contributed by atoms with E-state index in [4.69, 9.17) is 0 Å². The smallest absolute Gasteiger partial charge is 0.0710 e. The van der Waals surface area contributed by atoms with Gasteiger partial charge >= 0.3 is 0 Å². The topological polar surface area (TPSA) is 65.2 Å². The second-order valence-corrected chi connectivity index (χ2v) is 5.16. The number of azo groups is 1. The highest BCUT2D eigenvalue weighted by atomic mass is 16.3. The maximum absolute atomic E-state index is 9.37. The van der Waals surface area contributed by atoms with E-state index in [9.17, 15) is 10.2 Å². The van der Waals surface area contributed by atoms with Crippen LogP contribution in [-0.2, 0) is 0 Å². The molecule has 2 N–H and O–H groups in total. The Balaban J connectivity index is 1.72. The molecule has 0 aromatic rings. The Morgan fingerprint density at radius 1 is 0.562 bits per heavy atom. The number of hydrogen-bond donors (Lipinski definition) is 2. The summed E-state index contributed by atoms with van der Waals surface area (Å²) in [4.78, 5) is 0. The van der Waals surface area contributed by atoms with Crippen molar-refractivity contribution in [2.75, 3.05) is 0 Å². The Morgan fingerprint density at radius 2 is 0.875 bits per heavy atom. The van der Waals surface area contributed by atoms with E-state index in [1.807, 2.05) is 0 Å². The lowest BCUT2D eigenvalue weighted by Gasteiger charge is -2.24. The molecule has 0 bridgehead atoms. The van der Waals surface area contributed by atoms with Gasteiger partial charge in [0.2, 0.25) is 0 Å². The average molecular weight is 226 g/mol. The zero-order valence-corrected chi connectivity index (χ0v) is 9.76. The highest BCUT2D eigenvalue weighted by Gasteiger charge is 2.21. The predicted molar refractivity (Wildman–Crippen MR) is 61.4 cm³/mol. The van der Waals surface area contributed by atoms with Crippen molar-refractivity contribution in [2.45, 2.75) is 75.7 Å². The number of hydrogen-bond acceptors (Lipinski definition) is 4. The Bertz CT molecular complexity index is 205. The van der Waals surface area contributed by atoms with Crippen LogP contribution in [0.1, 0.15) is 51.4 Å². The number of aliphatic hydroxyl groups is 2. The molecule has 2 aliphatic rings. The molecule has 0 heterocycles. The molecule has 0 atom stereocenters. The lowest BCUT2D eigenvalue weighted by molar-refractivity contribution is 0.117. The molecule has 0 aromatic carbocycles. The summed E-state index contributed by atoms with van der Waals surface area (Å²) in [6.45, 7) is 0. The average Bonchev–Trinajstić information content (AvgIpc) is 2.30. The molecular formula is C12H22N2O2. The molecule has 0 aliphatic heterocycles. The van der Waals surface area contributed by atoms with Crippen LogP contribution in [0.3, 0.4) is 0 Å². The molecule has 2 fully saturated rings.